The number of rotatable bonds is 2. The molecule has 88 valence electrons. The van der Waals surface area contributed by atoms with Crippen LogP contribution in [0.15, 0.2) is 6.07 Å². The number of hydrogen-bond donors (Lipinski definition) is 2. The molecule has 0 spiro atoms. The van der Waals surface area contributed by atoms with E-state index < -0.39 is 22.8 Å². The first kappa shape index (κ1) is 11.6. The Morgan fingerprint density at radius 2 is 2.06 bits per heavy atom. The third kappa shape index (κ3) is 1.48. The summed E-state index contributed by atoms with van der Waals surface area (Å²) in [4.78, 5) is 0. The van der Waals surface area contributed by atoms with Crippen LogP contribution in [0.5, 0.6) is 5.75 Å². The predicted molar refractivity (Wildman–Crippen MR) is 57.6 cm³/mol. The van der Waals surface area contributed by atoms with Gasteiger partial charge in [-0.1, -0.05) is 11.6 Å². The minimum Gasteiger partial charge on any atom is -0.505 e. The summed E-state index contributed by atoms with van der Waals surface area (Å²) >= 11 is 5.56. The zero-order valence-corrected chi connectivity index (χ0v) is 9.48. The number of hydrogen-bond acceptors (Lipinski definition) is 2. The fourth-order valence-corrected chi connectivity index (χ4v) is 2.30. The monoisotopic (exact) mass is 247 g/mol. The standard InChI is InChI=1S/C11H12ClF2NO/c1-5(15)11(2-3-11)8-9(14)6(12)4-7(13)10(8)16/h4-5,16H,2-3,15H2,1H3. The number of aromatic hydroxyl groups is 1. The first-order chi connectivity index (χ1) is 7.40. The van der Waals surface area contributed by atoms with Gasteiger partial charge in [0.1, 0.15) is 5.82 Å². The maximum Gasteiger partial charge on any atom is 0.166 e. The van der Waals surface area contributed by atoms with Crippen LogP contribution in [0.2, 0.25) is 5.02 Å². The summed E-state index contributed by atoms with van der Waals surface area (Å²) in [5.41, 5.74) is 5.02. The Labute approximate surface area is 97.0 Å². The second kappa shape index (κ2) is 3.57. The van der Waals surface area contributed by atoms with E-state index in [0.29, 0.717) is 12.8 Å². The van der Waals surface area contributed by atoms with E-state index in [0.717, 1.165) is 6.07 Å². The number of phenolic OH excluding ortho intramolecular Hbond substituents is 1. The van der Waals surface area contributed by atoms with Crippen molar-refractivity contribution in [3.8, 4) is 5.75 Å². The Balaban J connectivity index is 2.65. The third-order valence-corrected chi connectivity index (χ3v) is 3.58. The second-order valence-corrected chi connectivity index (χ2v) is 4.73. The molecule has 1 aromatic carbocycles. The van der Waals surface area contributed by atoms with Gasteiger partial charge in [-0.05, 0) is 25.8 Å². The zero-order chi connectivity index (χ0) is 12.1. The first-order valence-corrected chi connectivity index (χ1v) is 5.40. The lowest BCUT2D eigenvalue weighted by atomic mass is 9.88. The van der Waals surface area contributed by atoms with Crippen molar-refractivity contribution in [3.05, 3.63) is 28.3 Å². The molecule has 1 aliphatic carbocycles. The smallest absolute Gasteiger partial charge is 0.166 e. The Bertz CT molecular complexity index is 418. The molecule has 0 aliphatic heterocycles. The van der Waals surface area contributed by atoms with Gasteiger partial charge >= 0.3 is 0 Å². The summed E-state index contributed by atoms with van der Waals surface area (Å²) in [5.74, 6) is -2.35. The fourth-order valence-electron chi connectivity index (χ4n) is 2.11. The van der Waals surface area contributed by atoms with Crippen LogP contribution >= 0.6 is 11.6 Å². The largest absolute Gasteiger partial charge is 0.505 e. The van der Waals surface area contributed by atoms with Crippen LogP contribution in [0.1, 0.15) is 25.3 Å². The highest BCUT2D eigenvalue weighted by molar-refractivity contribution is 6.30. The molecule has 1 atom stereocenters. The lowest BCUT2D eigenvalue weighted by Gasteiger charge is -2.22. The average Bonchev–Trinajstić information content (AvgIpc) is 2.97. The number of benzene rings is 1. The molecule has 1 aliphatic rings. The van der Waals surface area contributed by atoms with Crippen molar-refractivity contribution in [2.75, 3.05) is 0 Å². The minimum atomic E-state index is -0.909. The van der Waals surface area contributed by atoms with Gasteiger partial charge in [0.15, 0.2) is 11.6 Å². The van der Waals surface area contributed by atoms with E-state index in [9.17, 15) is 13.9 Å². The van der Waals surface area contributed by atoms with Crippen LogP contribution in [0.4, 0.5) is 8.78 Å². The molecule has 5 heteroatoms. The van der Waals surface area contributed by atoms with Gasteiger partial charge in [-0.3, -0.25) is 0 Å². The molecule has 0 radical (unpaired) electrons. The highest BCUT2D eigenvalue weighted by Crippen LogP contribution is 2.55. The van der Waals surface area contributed by atoms with E-state index in [2.05, 4.69) is 0 Å². The minimum absolute atomic E-state index is 0.0764. The van der Waals surface area contributed by atoms with Crippen molar-refractivity contribution in [2.24, 2.45) is 5.73 Å². The third-order valence-electron chi connectivity index (χ3n) is 3.30. The van der Waals surface area contributed by atoms with Crippen LogP contribution in [-0.4, -0.2) is 11.1 Å². The van der Waals surface area contributed by atoms with Gasteiger partial charge in [0.25, 0.3) is 0 Å². The Morgan fingerprint density at radius 1 is 1.50 bits per heavy atom. The molecule has 3 N–H and O–H groups in total. The van der Waals surface area contributed by atoms with Crippen LogP contribution in [0.3, 0.4) is 0 Å². The molecular weight excluding hydrogens is 236 g/mol. The van der Waals surface area contributed by atoms with Gasteiger partial charge in [0.05, 0.1) is 5.02 Å². The molecule has 1 saturated carbocycles. The van der Waals surface area contributed by atoms with E-state index in [-0.39, 0.29) is 16.6 Å². The average molecular weight is 248 g/mol. The molecule has 2 nitrogen and oxygen atoms in total. The summed E-state index contributed by atoms with van der Waals surface area (Å²) in [6.07, 6.45) is 1.27. The summed E-state index contributed by atoms with van der Waals surface area (Å²) in [6.45, 7) is 1.71. The molecule has 0 amide bonds. The molecule has 1 unspecified atom stereocenters. The number of nitrogens with two attached hydrogens (primary N) is 1. The SMILES string of the molecule is CC(N)C1(c2c(O)c(F)cc(Cl)c2F)CC1. The topological polar surface area (TPSA) is 46.2 Å². The summed E-state index contributed by atoms with van der Waals surface area (Å²) < 4.78 is 27.1. The van der Waals surface area contributed by atoms with Crippen LogP contribution in [0, 0.1) is 11.6 Å². The summed E-state index contributed by atoms with van der Waals surface area (Å²) in [7, 11) is 0. The number of halogens is 3. The van der Waals surface area contributed by atoms with E-state index >= 15 is 0 Å². The highest BCUT2D eigenvalue weighted by atomic mass is 35.5. The molecule has 1 fully saturated rings. The summed E-state index contributed by atoms with van der Waals surface area (Å²) in [6, 6.07) is 0.415. The quantitative estimate of drug-likeness (QED) is 0.790. The lowest BCUT2D eigenvalue weighted by Crippen LogP contribution is -2.32. The highest BCUT2D eigenvalue weighted by Gasteiger charge is 2.51. The van der Waals surface area contributed by atoms with Crippen LogP contribution in [0.25, 0.3) is 0 Å². The maximum atomic E-state index is 13.8. The predicted octanol–water partition coefficient (Wildman–Crippen LogP) is 2.70. The Hall–Kier alpha value is -0.870. The van der Waals surface area contributed by atoms with Gasteiger partial charge in [0, 0.05) is 17.0 Å². The van der Waals surface area contributed by atoms with Gasteiger partial charge in [-0.15, -0.1) is 0 Å². The second-order valence-electron chi connectivity index (χ2n) is 4.32. The van der Waals surface area contributed by atoms with Gasteiger partial charge in [-0.2, -0.15) is 0 Å². The normalized spacial score (nSPS) is 19.6. The Morgan fingerprint density at radius 3 is 2.50 bits per heavy atom. The molecule has 16 heavy (non-hydrogen) atoms. The van der Waals surface area contributed by atoms with Crippen molar-refractivity contribution in [2.45, 2.75) is 31.2 Å². The maximum absolute atomic E-state index is 13.8. The van der Waals surface area contributed by atoms with Gasteiger partial charge in [-0.25, -0.2) is 8.78 Å². The van der Waals surface area contributed by atoms with Crippen molar-refractivity contribution in [3.63, 3.8) is 0 Å². The zero-order valence-electron chi connectivity index (χ0n) is 8.73. The van der Waals surface area contributed by atoms with Crippen molar-refractivity contribution in [1.82, 2.24) is 0 Å². The van der Waals surface area contributed by atoms with Gasteiger partial charge in [0.2, 0.25) is 0 Å². The van der Waals surface area contributed by atoms with Crippen molar-refractivity contribution >= 4 is 11.6 Å². The van der Waals surface area contributed by atoms with Crippen LogP contribution < -0.4 is 5.73 Å². The van der Waals surface area contributed by atoms with Crippen LogP contribution in [-0.2, 0) is 5.41 Å². The van der Waals surface area contributed by atoms with Crippen molar-refractivity contribution in [1.29, 1.82) is 0 Å². The van der Waals surface area contributed by atoms with E-state index in [1.807, 2.05) is 0 Å². The molecular formula is C11H12ClF2NO. The lowest BCUT2D eigenvalue weighted by molar-refractivity contribution is 0.397. The van der Waals surface area contributed by atoms with Gasteiger partial charge < -0.3 is 10.8 Å². The fraction of sp³-hybridized carbons (Fsp3) is 0.455. The number of phenols is 1. The van der Waals surface area contributed by atoms with E-state index in [1.165, 1.54) is 0 Å². The molecule has 0 saturated heterocycles. The molecule has 0 aromatic heterocycles. The summed E-state index contributed by atoms with van der Waals surface area (Å²) in [5, 5.41) is 9.28. The molecule has 1 aromatic rings. The Kier molecular flexibility index (Phi) is 2.59. The first-order valence-electron chi connectivity index (χ1n) is 5.02. The molecule has 0 bridgehead atoms. The van der Waals surface area contributed by atoms with Crippen molar-refractivity contribution < 1.29 is 13.9 Å². The molecule has 0 heterocycles. The molecule has 2 rings (SSSR count). The van der Waals surface area contributed by atoms with E-state index in [4.69, 9.17) is 17.3 Å². The van der Waals surface area contributed by atoms with E-state index in [1.54, 1.807) is 6.92 Å².